The van der Waals surface area contributed by atoms with Crippen LogP contribution in [-0.2, 0) is 23.2 Å². The Morgan fingerprint density at radius 3 is 2.83 bits per heavy atom. The minimum atomic E-state index is -0.744. The number of hydrogen-bond donors (Lipinski definition) is 1. The molecule has 3 heterocycles. The second-order valence-corrected chi connectivity index (χ2v) is 8.21. The van der Waals surface area contributed by atoms with Gasteiger partial charge in [-0.15, -0.1) is 0 Å². The predicted octanol–water partition coefficient (Wildman–Crippen LogP) is 4.17. The summed E-state index contributed by atoms with van der Waals surface area (Å²) in [5.41, 5.74) is 3.21. The minimum Gasteiger partial charge on any atom is -0.444 e. The van der Waals surface area contributed by atoms with E-state index in [1.807, 2.05) is 32.2 Å². The Labute approximate surface area is 168 Å². The molecule has 0 spiro atoms. The third kappa shape index (κ3) is 2.92. The van der Waals surface area contributed by atoms with Crippen LogP contribution in [0.5, 0.6) is 0 Å². The number of halogens is 1. The second kappa shape index (κ2) is 6.47. The van der Waals surface area contributed by atoms with Crippen LogP contribution in [0.2, 0.25) is 0 Å². The van der Waals surface area contributed by atoms with Crippen molar-refractivity contribution in [2.24, 2.45) is 0 Å². The zero-order valence-electron chi connectivity index (χ0n) is 16.5. The van der Waals surface area contributed by atoms with Crippen molar-refractivity contribution < 1.29 is 13.9 Å². The maximum absolute atomic E-state index is 15.3. The van der Waals surface area contributed by atoms with Crippen LogP contribution in [0.3, 0.4) is 0 Å². The Bertz CT molecular complexity index is 1030. The number of aromatic nitrogens is 2. The molecule has 2 atom stereocenters. The lowest BCUT2D eigenvalue weighted by Gasteiger charge is -2.32. The van der Waals surface area contributed by atoms with Gasteiger partial charge >= 0.3 is 6.09 Å². The van der Waals surface area contributed by atoms with Gasteiger partial charge in [-0.05, 0) is 43.0 Å². The van der Waals surface area contributed by atoms with E-state index in [-0.39, 0.29) is 11.9 Å². The van der Waals surface area contributed by atoms with E-state index in [1.54, 1.807) is 6.20 Å². The molecule has 1 amide bonds. The fourth-order valence-corrected chi connectivity index (χ4v) is 4.33. The van der Waals surface area contributed by atoms with E-state index in [9.17, 15) is 4.79 Å². The van der Waals surface area contributed by atoms with E-state index in [0.29, 0.717) is 18.7 Å². The number of H-pyrrole nitrogens is 1. The molecule has 1 aromatic heterocycles. The number of aromatic amines is 1. The first-order chi connectivity index (χ1) is 13.9. The van der Waals surface area contributed by atoms with Crippen molar-refractivity contribution in [2.45, 2.75) is 44.9 Å². The molecule has 2 unspecified atom stereocenters. The van der Waals surface area contributed by atoms with E-state index in [0.717, 1.165) is 24.6 Å². The van der Waals surface area contributed by atoms with Gasteiger partial charge in [0.05, 0.1) is 6.54 Å². The molecule has 1 fully saturated rings. The fraction of sp³-hybridized carbons (Fsp3) is 0.364. The molecule has 7 heteroatoms. The van der Waals surface area contributed by atoms with Gasteiger partial charge in [-0.1, -0.05) is 24.3 Å². The molecule has 150 valence electrons. The summed E-state index contributed by atoms with van der Waals surface area (Å²) in [7, 11) is 0. The Balaban J connectivity index is 1.39. The molecule has 1 aromatic carbocycles. The van der Waals surface area contributed by atoms with Crippen LogP contribution in [0.15, 0.2) is 54.3 Å². The standard InChI is InChI=1S/C22H23FN4O2/c1-14-11-27(21(28)29-14)18-5-6-22(2,19(23)10-18)17-4-3-15-12-26(13-16(15)9-17)20-24-7-8-25-20/h3-5,7-10,14H,6,11-13H2,1-2H3,(H,24,25). The first kappa shape index (κ1) is 18.0. The van der Waals surface area contributed by atoms with Crippen LogP contribution in [0.4, 0.5) is 15.1 Å². The first-order valence-electron chi connectivity index (χ1n) is 9.86. The number of allylic oxidation sites excluding steroid dienone is 3. The molecule has 1 N–H and O–H groups in total. The summed E-state index contributed by atoms with van der Waals surface area (Å²) in [5.74, 6) is 0.611. The zero-order chi connectivity index (χ0) is 20.2. The summed E-state index contributed by atoms with van der Waals surface area (Å²) in [6.07, 6.45) is 6.87. The molecule has 2 aromatic rings. The van der Waals surface area contributed by atoms with Crippen LogP contribution in [0, 0.1) is 0 Å². The highest BCUT2D eigenvalue weighted by Crippen LogP contribution is 2.42. The van der Waals surface area contributed by atoms with Crippen LogP contribution >= 0.6 is 0 Å². The highest BCUT2D eigenvalue weighted by molar-refractivity contribution is 5.73. The number of fused-ring (bicyclic) bond motifs is 1. The second-order valence-electron chi connectivity index (χ2n) is 8.21. The Kier molecular flexibility index (Phi) is 4.01. The maximum atomic E-state index is 15.3. The van der Waals surface area contributed by atoms with Gasteiger partial charge in [0.15, 0.2) is 0 Å². The fourth-order valence-electron chi connectivity index (χ4n) is 4.33. The molecule has 29 heavy (non-hydrogen) atoms. The summed E-state index contributed by atoms with van der Waals surface area (Å²) in [5, 5.41) is 0. The van der Waals surface area contributed by atoms with Crippen molar-refractivity contribution in [2.75, 3.05) is 11.4 Å². The predicted molar refractivity (Wildman–Crippen MR) is 107 cm³/mol. The van der Waals surface area contributed by atoms with Crippen LogP contribution in [0.1, 0.15) is 37.0 Å². The van der Waals surface area contributed by atoms with Crippen LogP contribution in [-0.4, -0.2) is 33.6 Å². The number of benzene rings is 1. The topological polar surface area (TPSA) is 61.5 Å². The van der Waals surface area contributed by atoms with E-state index >= 15 is 4.39 Å². The van der Waals surface area contributed by atoms with Crippen molar-refractivity contribution >= 4 is 12.0 Å². The number of imidazole rings is 1. The Morgan fingerprint density at radius 2 is 2.14 bits per heavy atom. The molecule has 0 saturated carbocycles. The first-order valence-corrected chi connectivity index (χ1v) is 9.86. The summed E-state index contributed by atoms with van der Waals surface area (Å²) >= 11 is 0. The summed E-state index contributed by atoms with van der Waals surface area (Å²) < 4.78 is 20.5. The Hall–Kier alpha value is -3.09. The van der Waals surface area contributed by atoms with Gasteiger partial charge in [-0.3, -0.25) is 4.90 Å². The quantitative estimate of drug-likeness (QED) is 0.849. The van der Waals surface area contributed by atoms with E-state index in [1.165, 1.54) is 22.1 Å². The monoisotopic (exact) mass is 394 g/mol. The van der Waals surface area contributed by atoms with Gasteiger partial charge < -0.3 is 14.6 Å². The average Bonchev–Trinajstić information content (AvgIpc) is 3.42. The van der Waals surface area contributed by atoms with Gasteiger partial charge in [0.25, 0.3) is 0 Å². The number of amides is 1. The number of anilines is 1. The van der Waals surface area contributed by atoms with E-state index < -0.39 is 11.5 Å². The minimum absolute atomic E-state index is 0.179. The van der Waals surface area contributed by atoms with Gasteiger partial charge in [-0.2, -0.15) is 0 Å². The smallest absolute Gasteiger partial charge is 0.414 e. The summed E-state index contributed by atoms with van der Waals surface area (Å²) in [6.45, 7) is 5.74. The number of hydrogen-bond acceptors (Lipinski definition) is 4. The average molecular weight is 394 g/mol. The number of carbonyl (C=O) groups is 1. The molecule has 6 nitrogen and oxygen atoms in total. The highest BCUT2D eigenvalue weighted by atomic mass is 19.1. The number of cyclic esters (lactones) is 1. The van der Waals surface area contributed by atoms with Crippen LogP contribution < -0.4 is 4.90 Å². The van der Waals surface area contributed by atoms with Gasteiger partial charge in [0.1, 0.15) is 11.9 Å². The zero-order valence-corrected chi connectivity index (χ0v) is 16.5. The molecule has 0 radical (unpaired) electrons. The maximum Gasteiger partial charge on any atom is 0.414 e. The van der Waals surface area contributed by atoms with Crippen molar-refractivity contribution in [3.63, 3.8) is 0 Å². The van der Waals surface area contributed by atoms with Crippen molar-refractivity contribution in [1.29, 1.82) is 0 Å². The highest BCUT2D eigenvalue weighted by Gasteiger charge is 2.38. The molecular formula is C22H23FN4O2. The van der Waals surface area contributed by atoms with Gasteiger partial charge in [0, 0.05) is 36.6 Å². The molecule has 1 aliphatic carbocycles. The molecule has 1 saturated heterocycles. The lowest BCUT2D eigenvalue weighted by Crippen LogP contribution is -2.30. The van der Waals surface area contributed by atoms with Gasteiger partial charge in [-0.25, -0.2) is 14.2 Å². The third-order valence-corrected chi connectivity index (χ3v) is 6.14. The van der Waals surface area contributed by atoms with Crippen molar-refractivity contribution in [1.82, 2.24) is 14.9 Å². The van der Waals surface area contributed by atoms with Crippen LogP contribution in [0.25, 0.3) is 0 Å². The third-order valence-electron chi connectivity index (χ3n) is 6.14. The molecule has 5 rings (SSSR count). The molecule has 2 aliphatic heterocycles. The molecular weight excluding hydrogens is 371 g/mol. The summed E-state index contributed by atoms with van der Waals surface area (Å²) in [4.78, 5) is 23.1. The number of nitrogens with one attached hydrogen (secondary N) is 1. The van der Waals surface area contributed by atoms with Gasteiger partial charge in [0.2, 0.25) is 5.95 Å². The number of nitrogens with zero attached hydrogens (tertiary/aromatic N) is 3. The lowest BCUT2D eigenvalue weighted by molar-refractivity contribution is 0.141. The van der Waals surface area contributed by atoms with E-state index in [2.05, 4.69) is 27.0 Å². The summed E-state index contributed by atoms with van der Waals surface area (Å²) in [6, 6.07) is 6.21. The lowest BCUT2D eigenvalue weighted by atomic mass is 9.75. The van der Waals surface area contributed by atoms with E-state index in [4.69, 9.17) is 4.74 Å². The van der Waals surface area contributed by atoms with Crippen molar-refractivity contribution in [3.8, 4) is 0 Å². The molecule has 3 aliphatic rings. The number of carbonyl (C=O) groups excluding carboxylic acids is 1. The van der Waals surface area contributed by atoms with Crippen molar-refractivity contribution in [3.05, 3.63) is 71.0 Å². The number of ether oxygens (including phenoxy) is 1. The largest absolute Gasteiger partial charge is 0.444 e. The number of rotatable bonds is 3. The molecule has 0 bridgehead atoms. The Morgan fingerprint density at radius 1 is 1.31 bits per heavy atom. The normalized spacial score (nSPS) is 26.3. The SMILES string of the molecule is CC1CN(C2=CCC(C)(c3ccc4c(c3)CN(c3ncc[nH]3)C4)C(F)=C2)C(=O)O1.